The van der Waals surface area contributed by atoms with Crippen LogP contribution in [0.4, 0.5) is 0 Å². The van der Waals surface area contributed by atoms with Gasteiger partial charge in [-0.05, 0) is 25.7 Å². The van der Waals surface area contributed by atoms with Gasteiger partial charge in [-0.25, -0.2) is 13.4 Å². The molecule has 0 N–H and O–H groups in total. The summed E-state index contributed by atoms with van der Waals surface area (Å²) < 4.78 is 32.4. The van der Waals surface area contributed by atoms with Crippen molar-refractivity contribution in [3.05, 3.63) is 47.8 Å². The van der Waals surface area contributed by atoms with Crippen LogP contribution in [0.1, 0.15) is 25.1 Å². The van der Waals surface area contributed by atoms with E-state index in [1.54, 1.807) is 6.20 Å². The third-order valence-electron chi connectivity index (χ3n) is 5.04. The van der Waals surface area contributed by atoms with E-state index in [2.05, 4.69) is 35.7 Å². The van der Waals surface area contributed by atoms with Gasteiger partial charge in [-0.1, -0.05) is 44.2 Å². The Morgan fingerprint density at radius 3 is 2.41 bits per heavy atom. The Morgan fingerprint density at radius 2 is 1.79 bits per heavy atom. The van der Waals surface area contributed by atoms with Gasteiger partial charge >= 0.3 is 0 Å². The van der Waals surface area contributed by atoms with Crippen molar-refractivity contribution in [1.29, 1.82) is 0 Å². The van der Waals surface area contributed by atoms with Crippen LogP contribution in [-0.4, -0.2) is 80.5 Å². The molecule has 7 nitrogen and oxygen atoms in total. The molecule has 0 atom stereocenters. The highest BCUT2D eigenvalue weighted by molar-refractivity contribution is 7.91. The molecular weight excluding hydrogens is 388 g/mol. The minimum absolute atomic E-state index is 0.0768. The minimum Gasteiger partial charge on any atom is -0.384 e. The maximum Gasteiger partial charge on any atom is 0.228 e. The molecule has 1 aromatic heterocycles. The maximum atomic E-state index is 12.8. The molecule has 29 heavy (non-hydrogen) atoms. The third-order valence-corrected chi connectivity index (χ3v) is 6.63. The highest BCUT2D eigenvalue weighted by Gasteiger charge is 2.24. The van der Waals surface area contributed by atoms with Crippen molar-refractivity contribution >= 4 is 9.84 Å². The van der Waals surface area contributed by atoms with Gasteiger partial charge < -0.3 is 14.2 Å². The summed E-state index contributed by atoms with van der Waals surface area (Å²) in [6.07, 6.45) is 1.69. The molecule has 2 rings (SSSR count). The minimum atomic E-state index is -3.52. The van der Waals surface area contributed by atoms with Crippen LogP contribution in [0.15, 0.2) is 41.7 Å². The molecular formula is C21H34N4O3S. The molecule has 0 aliphatic heterocycles. The van der Waals surface area contributed by atoms with Crippen LogP contribution in [0, 0.1) is 0 Å². The quantitative estimate of drug-likeness (QED) is 0.493. The maximum absolute atomic E-state index is 12.8. The normalized spacial score (nSPS) is 12.2. The van der Waals surface area contributed by atoms with Crippen LogP contribution in [0.25, 0.3) is 0 Å². The molecule has 1 aromatic carbocycles. The molecule has 2 aromatic rings. The molecule has 1 heterocycles. The van der Waals surface area contributed by atoms with Gasteiger partial charge in [0.05, 0.1) is 30.8 Å². The van der Waals surface area contributed by atoms with E-state index >= 15 is 0 Å². The lowest BCUT2D eigenvalue weighted by molar-refractivity contribution is 0.217. The third kappa shape index (κ3) is 6.92. The summed E-state index contributed by atoms with van der Waals surface area (Å²) >= 11 is 0. The van der Waals surface area contributed by atoms with Crippen molar-refractivity contribution in [1.82, 2.24) is 19.4 Å². The smallest absolute Gasteiger partial charge is 0.228 e. The fourth-order valence-electron chi connectivity index (χ4n) is 3.19. The number of methoxy groups -OCH3 is 1. The number of sulfone groups is 1. The molecule has 0 aliphatic rings. The molecule has 0 spiro atoms. The van der Waals surface area contributed by atoms with Crippen molar-refractivity contribution in [2.24, 2.45) is 0 Å². The van der Waals surface area contributed by atoms with Crippen LogP contribution in [0.5, 0.6) is 0 Å². The first-order valence-electron chi connectivity index (χ1n) is 10.1. The zero-order valence-electron chi connectivity index (χ0n) is 18.0. The van der Waals surface area contributed by atoms with E-state index in [0.29, 0.717) is 13.1 Å². The second-order valence-corrected chi connectivity index (χ2v) is 9.18. The average molecular weight is 423 g/mol. The van der Waals surface area contributed by atoms with Crippen LogP contribution in [0.2, 0.25) is 0 Å². The molecule has 0 aliphatic carbocycles. The van der Waals surface area contributed by atoms with Crippen molar-refractivity contribution < 1.29 is 13.2 Å². The summed E-state index contributed by atoms with van der Waals surface area (Å²) in [6.45, 7) is 9.53. The fraction of sp³-hybridized carbons (Fsp3) is 0.571. The average Bonchev–Trinajstić information content (AvgIpc) is 3.11. The molecule has 0 saturated carbocycles. The van der Waals surface area contributed by atoms with E-state index in [1.165, 1.54) is 7.11 Å². The summed E-state index contributed by atoms with van der Waals surface area (Å²) in [7, 11) is 0.0386. The Labute approximate surface area is 175 Å². The Hall–Kier alpha value is -1.74. The van der Waals surface area contributed by atoms with Crippen molar-refractivity contribution in [2.75, 3.05) is 52.7 Å². The van der Waals surface area contributed by atoms with E-state index in [9.17, 15) is 8.42 Å². The Bertz CT molecular complexity index is 833. The van der Waals surface area contributed by atoms with Crippen molar-refractivity contribution in [3.8, 4) is 0 Å². The SMILES string of the molecule is CCN(CC)CCN(C)Cc1cnc(S(=O)(=O)CCOC)n1Cc1ccccc1. The van der Waals surface area contributed by atoms with Crippen molar-refractivity contribution in [3.63, 3.8) is 0 Å². The molecule has 8 heteroatoms. The predicted octanol–water partition coefficient (Wildman–Crippen LogP) is 2.13. The van der Waals surface area contributed by atoms with E-state index < -0.39 is 9.84 Å². The number of likely N-dealkylation sites (N-methyl/N-ethyl adjacent to an activating group) is 2. The molecule has 0 bridgehead atoms. The lowest BCUT2D eigenvalue weighted by atomic mass is 10.2. The van der Waals surface area contributed by atoms with Gasteiger partial charge in [0.25, 0.3) is 0 Å². The van der Waals surface area contributed by atoms with E-state index in [0.717, 1.165) is 37.4 Å². The van der Waals surface area contributed by atoms with Crippen LogP contribution in [0.3, 0.4) is 0 Å². The Balaban J connectivity index is 2.24. The molecule has 0 unspecified atom stereocenters. The predicted molar refractivity (Wildman–Crippen MR) is 116 cm³/mol. The number of ether oxygens (including phenoxy) is 1. The Morgan fingerprint density at radius 1 is 1.10 bits per heavy atom. The fourth-order valence-corrected chi connectivity index (χ4v) is 4.49. The summed E-state index contributed by atoms with van der Waals surface area (Å²) in [5.74, 6) is -0.0768. The zero-order valence-corrected chi connectivity index (χ0v) is 18.9. The van der Waals surface area contributed by atoms with Crippen LogP contribution >= 0.6 is 0 Å². The summed E-state index contributed by atoms with van der Waals surface area (Å²) in [6, 6.07) is 9.87. The first-order valence-corrected chi connectivity index (χ1v) is 11.8. The summed E-state index contributed by atoms with van der Waals surface area (Å²) in [4.78, 5) is 8.88. The number of hydrogen-bond acceptors (Lipinski definition) is 6. The lowest BCUT2D eigenvalue weighted by Gasteiger charge is -2.23. The molecule has 0 fully saturated rings. The van der Waals surface area contributed by atoms with Gasteiger partial charge in [0.2, 0.25) is 15.0 Å². The van der Waals surface area contributed by atoms with Gasteiger partial charge in [0.1, 0.15) is 0 Å². The number of nitrogens with zero attached hydrogens (tertiary/aromatic N) is 4. The topological polar surface area (TPSA) is 67.7 Å². The highest BCUT2D eigenvalue weighted by atomic mass is 32.2. The zero-order chi connectivity index (χ0) is 21.3. The Kier molecular flexibility index (Phi) is 9.29. The van der Waals surface area contributed by atoms with Gasteiger partial charge in [-0.15, -0.1) is 0 Å². The van der Waals surface area contributed by atoms with Crippen LogP contribution < -0.4 is 0 Å². The number of benzene rings is 1. The van der Waals surface area contributed by atoms with Crippen LogP contribution in [-0.2, 0) is 27.7 Å². The van der Waals surface area contributed by atoms with E-state index in [-0.39, 0.29) is 17.5 Å². The molecule has 0 saturated heterocycles. The van der Waals surface area contributed by atoms with Gasteiger partial charge in [0.15, 0.2) is 0 Å². The standard InChI is InChI=1S/C21H34N4O3S/c1-5-24(6-2)13-12-23(3)18-20-16-22-21(29(26,27)15-14-28-4)25(20)17-19-10-8-7-9-11-19/h7-11,16H,5-6,12-15,17-18H2,1-4H3. The second kappa shape index (κ2) is 11.4. The van der Waals surface area contributed by atoms with Gasteiger partial charge in [-0.3, -0.25) is 4.90 Å². The number of hydrogen-bond donors (Lipinski definition) is 0. The highest BCUT2D eigenvalue weighted by Crippen LogP contribution is 2.17. The van der Waals surface area contributed by atoms with E-state index in [4.69, 9.17) is 4.74 Å². The summed E-state index contributed by atoms with van der Waals surface area (Å²) in [5, 5.41) is 0.116. The second-order valence-electron chi connectivity index (χ2n) is 7.18. The molecule has 0 radical (unpaired) electrons. The van der Waals surface area contributed by atoms with E-state index in [1.807, 2.05) is 34.9 Å². The lowest BCUT2D eigenvalue weighted by Crippen LogP contribution is -2.33. The number of aromatic nitrogens is 2. The summed E-state index contributed by atoms with van der Waals surface area (Å²) in [5.41, 5.74) is 1.94. The molecule has 0 amide bonds. The van der Waals surface area contributed by atoms with Gasteiger partial charge in [0, 0.05) is 26.7 Å². The molecule has 162 valence electrons. The monoisotopic (exact) mass is 422 g/mol. The number of rotatable bonds is 13. The first-order chi connectivity index (χ1) is 13.9. The van der Waals surface area contributed by atoms with Gasteiger partial charge in [-0.2, -0.15) is 0 Å². The van der Waals surface area contributed by atoms with Crippen molar-refractivity contribution in [2.45, 2.75) is 32.1 Å². The number of imidazole rings is 1. The largest absolute Gasteiger partial charge is 0.384 e. The first kappa shape index (κ1) is 23.5.